The number of carbonyl (C=O) groups is 1. The molecule has 1 atom stereocenters. The minimum Gasteiger partial charge on any atom is -0.510 e. The summed E-state index contributed by atoms with van der Waals surface area (Å²) in [7, 11) is 1.72. The molecule has 1 unspecified atom stereocenters. The first-order chi connectivity index (χ1) is 14.4. The van der Waals surface area contributed by atoms with E-state index in [1.54, 1.807) is 42.3 Å². The maximum absolute atomic E-state index is 14.3. The predicted molar refractivity (Wildman–Crippen MR) is 113 cm³/mol. The van der Waals surface area contributed by atoms with Crippen LogP contribution in [0.15, 0.2) is 72.5 Å². The zero-order valence-corrected chi connectivity index (χ0v) is 16.3. The fourth-order valence-corrected chi connectivity index (χ4v) is 3.63. The highest BCUT2D eigenvalue weighted by molar-refractivity contribution is 5.92. The predicted octanol–water partition coefficient (Wildman–Crippen LogP) is 4.67. The van der Waals surface area contributed by atoms with Crippen molar-refractivity contribution >= 4 is 17.7 Å². The van der Waals surface area contributed by atoms with Crippen molar-refractivity contribution in [1.29, 1.82) is 0 Å². The van der Waals surface area contributed by atoms with Gasteiger partial charge in [0, 0.05) is 30.4 Å². The summed E-state index contributed by atoms with van der Waals surface area (Å²) < 4.78 is 27.5. The molecule has 0 saturated carbocycles. The third-order valence-electron chi connectivity index (χ3n) is 5.21. The minimum atomic E-state index is -0.900. The van der Waals surface area contributed by atoms with Crippen LogP contribution in [0.5, 0.6) is 0 Å². The molecule has 0 aliphatic carbocycles. The number of aliphatic hydroxyl groups is 1. The Hall–Kier alpha value is -3.67. The molecule has 1 aliphatic rings. The lowest BCUT2D eigenvalue weighted by molar-refractivity contribution is -0.122. The Morgan fingerprint density at radius 1 is 1.03 bits per heavy atom. The van der Waals surface area contributed by atoms with E-state index in [4.69, 9.17) is 0 Å². The molecule has 1 heterocycles. The first-order valence-electron chi connectivity index (χ1n) is 9.48. The number of hydrogen-bond acceptors (Lipinski definition) is 3. The van der Waals surface area contributed by atoms with Crippen molar-refractivity contribution in [3.63, 3.8) is 0 Å². The maximum atomic E-state index is 14.3. The molecule has 1 amide bonds. The van der Waals surface area contributed by atoms with Crippen molar-refractivity contribution in [3.05, 3.63) is 95.3 Å². The number of rotatable bonds is 4. The Morgan fingerprint density at radius 3 is 2.50 bits per heavy atom. The molecule has 0 saturated heterocycles. The summed E-state index contributed by atoms with van der Waals surface area (Å²) in [4.78, 5) is 14.5. The van der Waals surface area contributed by atoms with E-state index in [0.29, 0.717) is 11.1 Å². The quantitative estimate of drug-likeness (QED) is 0.662. The Balaban J connectivity index is 1.52. The van der Waals surface area contributed by atoms with Crippen LogP contribution in [0.4, 0.5) is 14.5 Å². The molecule has 6 heteroatoms. The summed E-state index contributed by atoms with van der Waals surface area (Å²) in [6.45, 7) is -0.0427. The Morgan fingerprint density at radius 2 is 1.73 bits per heavy atom. The largest absolute Gasteiger partial charge is 0.510 e. The van der Waals surface area contributed by atoms with Gasteiger partial charge in [-0.1, -0.05) is 36.4 Å². The van der Waals surface area contributed by atoms with Gasteiger partial charge < -0.3 is 15.3 Å². The second-order valence-corrected chi connectivity index (χ2v) is 7.17. The summed E-state index contributed by atoms with van der Waals surface area (Å²) in [5.41, 5.74) is 3.40. The van der Waals surface area contributed by atoms with Gasteiger partial charge in [0.05, 0.1) is 0 Å². The number of halogens is 2. The van der Waals surface area contributed by atoms with Crippen LogP contribution in [0.25, 0.3) is 17.2 Å². The number of likely N-dealkylation sites (N-methyl/N-ethyl adjacent to an activating group) is 1. The van der Waals surface area contributed by atoms with Gasteiger partial charge in [-0.25, -0.2) is 8.78 Å². The fraction of sp³-hybridized carbons (Fsp3) is 0.125. The van der Waals surface area contributed by atoms with E-state index in [1.807, 2.05) is 24.3 Å². The van der Waals surface area contributed by atoms with Gasteiger partial charge in [-0.05, 0) is 47.5 Å². The molecule has 2 N–H and O–H groups in total. The zero-order valence-electron chi connectivity index (χ0n) is 16.3. The van der Waals surface area contributed by atoms with Gasteiger partial charge in [-0.15, -0.1) is 0 Å². The average Bonchev–Trinajstić information content (AvgIpc) is 2.74. The Kier molecular flexibility index (Phi) is 5.23. The number of amides is 1. The van der Waals surface area contributed by atoms with Crippen molar-refractivity contribution in [2.45, 2.75) is 12.6 Å². The van der Waals surface area contributed by atoms with Crippen LogP contribution in [-0.2, 0) is 11.3 Å². The van der Waals surface area contributed by atoms with Crippen molar-refractivity contribution in [2.24, 2.45) is 0 Å². The van der Waals surface area contributed by atoms with Gasteiger partial charge >= 0.3 is 0 Å². The van der Waals surface area contributed by atoms with Crippen LogP contribution >= 0.6 is 0 Å². The van der Waals surface area contributed by atoms with Crippen LogP contribution in [0.1, 0.15) is 11.1 Å². The third kappa shape index (κ3) is 3.76. The molecular weight excluding hydrogens is 386 g/mol. The number of carbonyl (C=O) groups excluding carboxylic acids is 1. The normalized spacial score (nSPS) is 15.4. The number of benzene rings is 3. The smallest absolute Gasteiger partial charge is 0.250 e. The van der Waals surface area contributed by atoms with Crippen molar-refractivity contribution in [3.8, 4) is 11.1 Å². The molecule has 0 bridgehead atoms. The number of fused-ring (bicyclic) bond motifs is 1. The van der Waals surface area contributed by atoms with Gasteiger partial charge in [0.1, 0.15) is 17.4 Å². The van der Waals surface area contributed by atoms with Crippen LogP contribution in [-0.4, -0.2) is 24.1 Å². The number of para-hydroxylation sites is 1. The van der Waals surface area contributed by atoms with E-state index in [2.05, 4.69) is 5.32 Å². The lowest BCUT2D eigenvalue weighted by atomic mass is 10.0. The lowest BCUT2D eigenvalue weighted by Gasteiger charge is -2.33. The summed E-state index contributed by atoms with van der Waals surface area (Å²) >= 11 is 0. The highest BCUT2D eigenvalue weighted by atomic mass is 19.1. The molecule has 30 heavy (non-hydrogen) atoms. The van der Waals surface area contributed by atoms with Crippen molar-refractivity contribution < 1.29 is 18.7 Å². The van der Waals surface area contributed by atoms with E-state index < -0.39 is 17.8 Å². The summed E-state index contributed by atoms with van der Waals surface area (Å²) in [6.07, 6.45) is 1.56. The van der Waals surface area contributed by atoms with E-state index in [1.165, 1.54) is 18.2 Å². The highest BCUT2D eigenvalue weighted by Gasteiger charge is 2.31. The van der Waals surface area contributed by atoms with Crippen LogP contribution in [0.2, 0.25) is 0 Å². The molecule has 0 spiro atoms. The standard InChI is InChI=1S/C24H20F2N2O2/c1-28-21-5-3-2-4-17(21)13-22(29)23(28)24(30)27-14-18-12-16(8-11-20(18)26)15-6-9-19(25)10-7-15/h2-13,23,29H,14H2,1H3,(H,27,30). The minimum absolute atomic E-state index is 0.0427. The monoisotopic (exact) mass is 406 g/mol. The van der Waals surface area contributed by atoms with Crippen molar-refractivity contribution in [2.75, 3.05) is 11.9 Å². The molecule has 3 aromatic carbocycles. The molecule has 0 fully saturated rings. The SMILES string of the molecule is CN1c2ccccc2C=C(O)C1C(=O)NCc1cc(-c2ccc(F)cc2)ccc1F. The second-order valence-electron chi connectivity index (χ2n) is 7.17. The number of anilines is 1. The van der Waals surface area contributed by atoms with Crippen LogP contribution in [0, 0.1) is 11.6 Å². The van der Waals surface area contributed by atoms with E-state index in [0.717, 1.165) is 16.8 Å². The molecule has 4 nitrogen and oxygen atoms in total. The first-order valence-corrected chi connectivity index (χ1v) is 9.48. The summed E-state index contributed by atoms with van der Waals surface area (Å²) in [5.74, 6) is -1.32. The number of aliphatic hydroxyl groups excluding tert-OH is 1. The zero-order chi connectivity index (χ0) is 21.3. The topological polar surface area (TPSA) is 52.6 Å². The fourth-order valence-electron chi connectivity index (χ4n) is 3.63. The van der Waals surface area contributed by atoms with Crippen LogP contribution in [0.3, 0.4) is 0 Å². The van der Waals surface area contributed by atoms with Gasteiger partial charge in [-0.3, -0.25) is 4.79 Å². The third-order valence-corrected chi connectivity index (χ3v) is 5.21. The lowest BCUT2D eigenvalue weighted by Crippen LogP contribution is -2.47. The van der Waals surface area contributed by atoms with E-state index in [9.17, 15) is 18.7 Å². The van der Waals surface area contributed by atoms with Crippen molar-refractivity contribution in [1.82, 2.24) is 5.32 Å². The molecule has 3 aromatic rings. The van der Waals surface area contributed by atoms with Gasteiger partial charge in [0.2, 0.25) is 0 Å². The van der Waals surface area contributed by atoms with E-state index >= 15 is 0 Å². The molecule has 152 valence electrons. The van der Waals surface area contributed by atoms with Gasteiger partial charge in [0.25, 0.3) is 5.91 Å². The van der Waals surface area contributed by atoms with E-state index in [-0.39, 0.29) is 18.1 Å². The second kappa shape index (κ2) is 7.99. The maximum Gasteiger partial charge on any atom is 0.250 e. The number of nitrogens with one attached hydrogen (secondary N) is 1. The Labute approximate surface area is 173 Å². The highest BCUT2D eigenvalue weighted by Crippen LogP contribution is 2.30. The molecule has 0 aromatic heterocycles. The summed E-state index contributed by atoms with van der Waals surface area (Å²) in [6, 6.07) is 17.0. The number of nitrogens with zero attached hydrogens (tertiary/aromatic N) is 1. The summed E-state index contributed by atoms with van der Waals surface area (Å²) in [5, 5.41) is 13.1. The van der Waals surface area contributed by atoms with Gasteiger partial charge in [-0.2, -0.15) is 0 Å². The molecular formula is C24H20F2N2O2. The van der Waals surface area contributed by atoms with Gasteiger partial charge in [0.15, 0.2) is 6.04 Å². The van der Waals surface area contributed by atoms with Crippen LogP contribution < -0.4 is 10.2 Å². The molecule has 1 aliphatic heterocycles. The average molecular weight is 406 g/mol. The molecule has 4 rings (SSSR count). The number of hydrogen-bond donors (Lipinski definition) is 2. The Bertz CT molecular complexity index is 1130. The first kappa shape index (κ1) is 19.6. The molecule has 0 radical (unpaired) electrons.